The second kappa shape index (κ2) is 4.91. The van der Waals surface area contributed by atoms with E-state index in [2.05, 4.69) is 25.4 Å². The van der Waals surface area contributed by atoms with Crippen molar-refractivity contribution in [3.8, 4) is 17.2 Å². The van der Waals surface area contributed by atoms with Crippen molar-refractivity contribution in [3.63, 3.8) is 0 Å². The minimum atomic E-state index is -0.146. The summed E-state index contributed by atoms with van der Waals surface area (Å²) in [6.07, 6.45) is 2.96. The molecule has 0 aliphatic heterocycles. The highest BCUT2D eigenvalue weighted by Crippen LogP contribution is 2.12. The van der Waals surface area contributed by atoms with Crippen molar-refractivity contribution in [1.82, 2.24) is 30.2 Å². The first-order chi connectivity index (χ1) is 9.36. The van der Waals surface area contributed by atoms with Crippen LogP contribution in [0.5, 0.6) is 0 Å². The molecule has 3 aromatic rings. The molecular weight excluding hydrogens is 244 g/mol. The number of tetrazole rings is 1. The number of nitrogens with zero attached hydrogens (tertiary/aromatic N) is 6. The van der Waals surface area contributed by atoms with Gasteiger partial charge in [-0.2, -0.15) is 0 Å². The first kappa shape index (κ1) is 11.4. The Morgan fingerprint density at radius 1 is 1.05 bits per heavy atom. The Morgan fingerprint density at radius 3 is 2.58 bits per heavy atom. The highest BCUT2D eigenvalue weighted by atomic mass is 16.3. The smallest absolute Gasteiger partial charge is 0.205 e. The zero-order valence-corrected chi connectivity index (χ0v) is 9.88. The minimum absolute atomic E-state index is 0.146. The number of aliphatic hydroxyl groups is 1. The fourth-order valence-electron chi connectivity index (χ4n) is 1.55. The molecule has 7 nitrogen and oxygen atoms in total. The van der Waals surface area contributed by atoms with Crippen molar-refractivity contribution in [2.75, 3.05) is 0 Å². The van der Waals surface area contributed by atoms with Crippen LogP contribution < -0.4 is 0 Å². The maximum atomic E-state index is 8.90. The van der Waals surface area contributed by atoms with Gasteiger partial charge in [-0.25, -0.2) is 4.98 Å². The Hall–Kier alpha value is -2.67. The van der Waals surface area contributed by atoms with Crippen molar-refractivity contribution < 1.29 is 5.11 Å². The maximum absolute atomic E-state index is 8.90. The molecule has 0 bridgehead atoms. The summed E-state index contributed by atoms with van der Waals surface area (Å²) in [6.45, 7) is -0.146. The van der Waals surface area contributed by atoms with E-state index < -0.39 is 0 Å². The molecule has 0 aliphatic rings. The van der Waals surface area contributed by atoms with Crippen LogP contribution in [0.15, 0.2) is 42.7 Å². The molecule has 0 radical (unpaired) electrons. The van der Waals surface area contributed by atoms with Crippen molar-refractivity contribution in [2.24, 2.45) is 0 Å². The standard InChI is InChI=1S/C12H10N6O/c19-8-10-6-14-11(7-13-10)18-16-12(15-17-18)9-4-2-1-3-5-9/h1-7,19H,8H2. The Kier molecular flexibility index (Phi) is 2.95. The lowest BCUT2D eigenvalue weighted by atomic mass is 10.2. The van der Waals surface area contributed by atoms with Crippen LogP contribution in [-0.2, 0) is 6.61 Å². The lowest BCUT2D eigenvalue weighted by Gasteiger charge is -1.97. The lowest BCUT2D eigenvalue weighted by molar-refractivity contribution is 0.276. The fourth-order valence-corrected chi connectivity index (χ4v) is 1.55. The first-order valence-corrected chi connectivity index (χ1v) is 5.64. The summed E-state index contributed by atoms with van der Waals surface area (Å²) in [7, 11) is 0. The van der Waals surface area contributed by atoms with Crippen LogP contribution in [0.1, 0.15) is 5.69 Å². The average molecular weight is 254 g/mol. The van der Waals surface area contributed by atoms with Gasteiger partial charge in [-0.15, -0.1) is 15.0 Å². The van der Waals surface area contributed by atoms with E-state index in [1.807, 2.05) is 30.3 Å². The average Bonchev–Trinajstić information content (AvgIpc) is 2.98. The van der Waals surface area contributed by atoms with E-state index in [-0.39, 0.29) is 6.61 Å². The maximum Gasteiger partial charge on any atom is 0.205 e. The summed E-state index contributed by atoms with van der Waals surface area (Å²) in [5.41, 5.74) is 1.38. The van der Waals surface area contributed by atoms with Crippen molar-refractivity contribution in [1.29, 1.82) is 0 Å². The van der Waals surface area contributed by atoms with Gasteiger partial charge in [0.25, 0.3) is 0 Å². The molecule has 1 aromatic carbocycles. The molecule has 94 valence electrons. The molecule has 0 saturated carbocycles. The predicted molar refractivity (Wildman–Crippen MR) is 66.1 cm³/mol. The predicted octanol–water partition coefficient (Wildman–Crippen LogP) is 0.612. The van der Waals surface area contributed by atoms with Gasteiger partial charge in [0.15, 0.2) is 5.82 Å². The molecule has 1 N–H and O–H groups in total. The van der Waals surface area contributed by atoms with Crippen LogP contribution in [0, 0.1) is 0 Å². The molecule has 7 heteroatoms. The molecule has 2 aromatic heterocycles. The number of benzene rings is 1. The molecule has 0 fully saturated rings. The van der Waals surface area contributed by atoms with Gasteiger partial charge in [-0.1, -0.05) is 30.3 Å². The number of hydrogen-bond donors (Lipinski definition) is 1. The zero-order chi connectivity index (χ0) is 13.1. The van der Waals surface area contributed by atoms with Gasteiger partial charge in [0.05, 0.1) is 24.7 Å². The van der Waals surface area contributed by atoms with Crippen LogP contribution in [0.3, 0.4) is 0 Å². The molecule has 0 unspecified atom stereocenters. The van der Waals surface area contributed by atoms with Crippen LogP contribution in [0.4, 0.5) is 0 Å². The van der Waals surface area contributed by atoms with E-state index in [0.29, 0.717) is 17.3 Å². The highest BCUT2D eigenvalue weighted by Gasteiger charge is 2.07. The summed E-state index contributed by atoms with van der Waals surface area (Å²) in [5, 5.41) is 21.0. The second-order valence-corrected chi connectivity index (χ2v) is 3.79. The van der Waals surface area contributed by atoms with E-state index in [9.17, 15) is 0 Å². The topological polar surface area (TPSA) is 89.6 Å². The van der Waals surface area contributed by atoms with E-state index in [1.54, 1.807) is 0 Å². The van der Waals surface area contributed by atoms with Gasteiger partial charge in [0, 0.05) is 5.56 Å². The Bertz CT molecular complexity index is 664. The van der Waals surface area contributed by atoms with Crippen LogP contribution in [0.2, 0.25) is 0 Å². The normalized spacial score (nSPS) is 10.6. The van der Waals surface area contributed by atoms with Crippen LogP contribution >= 0.6 is 0 Å². The molecule has 19 heavy (non-hydrogen) atoms. The minimum Gasteiger partial charge on any atom is -0.390 e. The van der Waals surface area contributed by atoms with Crippen molar-refractivity contribution in [2.45, 2.75) is 6.61 Å². The van der Waals surface area contributed by atoms with Gasteiger partial charge in [0.1, 0.15) is 0 Å². The number of hydrogen-bond acceptors (Lipinski definition) is 6. The quantitative estimate of drug-likeness (QED) is 0.736. The third-order valence-corrected chi connectivity index (χ3v) is 2.50. The monoisotopic (exact) mass is 254 g/mol. The molecule has 0 saturated heterocycles. The first-order valence-electron chi connectivity index (χ1n) is 5.64. The van der Waals surface area contributed by atoms with Crippen molar-refractivity contribution >= 4 is 0 Å². The summed E-state index contributed by atoms with van der Waals surface area (Å²) < 4.78 is 0. The molecular formula is C12H10N6O. The molecule has 0 spiro atoms. The molecule has 0 atom stereocenters. The highest BCUT2D eigenvalue weighted by molar-refractivity contribution is 5.53. The fraction of sp³-hybridized carbons (Fsp3) is 0.0833. The van der Waals surface area contributed by atoms with Gasteiger partial charge in [-0.3, -0.25) is 4.98 Å². The zero-order valence-electron chi connectivity index (χ0n) is 9.88. The number of rotatable bonds is 3. The van der Waals surface area contributed by atoms with Crippen LogP contribution in [0.25, 0.3) is 17.2 Å². The Labute approximate surface area is 108 Å². The molecule has 0 aliphatic carbocycles. The van der Waals surface area contributed by atoms with E-state index in [1.165, 1.54) is 17.2 Å². The molecule has 2 heterocycles. The number of aliphatic hydroxyl groups excluding tert-OH is 1. The SMILES string of the molecule is OCc1cnc(-n2nnc(-c3ccccc3)n2)cn1. The van der Waals surface area contributed by atoms with Gasteiger partial charge in [-0.05, 0) is 5.21 Å². The summed E-state index contributed by atoms with van der Waals surface area (Å²) >= 11 is 0. The van der Waals surface area contributed by atoms with Gasteiger partial charge in [0.2, 0.25) is 5.82 Å². The number of aromatic nitrogens is 6. The van der Waals surface area contributed by atoms with Gasteiger partial charge >= 0.3 is 0 Å². The van der Waals surface area contributed by atoms with Crippen molar-refractivity contribution in [3.05, 3.63) is 48.4 Å². The van der Waals surface area contributed by atoms with Gasteiger partial charge < -0.3 is 5.11 Å². The van der Waals surface area contributed by atoms with Crippen LogP contribution in [-0.4, -0.2) is 35.3 Å². The largest absolute Gasteiger partial charge is 0.390 e. The lowest BCUT2D eigenvalue weighted by Crippen LogP contribution is -2.04. The Balaban J connectivity index is 1.92. The molecule has 3 rings (SSSR count). The third kappa shape index (κ3) is 2.31. The summed E-state index contributed by atoms with van der Waals surface area (Å²) in [6, 6.07) is 9.55. The summed E-state index contributed by atoms with van der Waals surface area (Å²) in [4.78, 5) is 9.42. The van der Waals surface area contributed by atoms with E-state index >= 15 is 0 Å². The Morgan fingerprint density at radius 2 is 1.89 bits per heavy atom. The molecule has 0 amide bonds. The van der Waals surface area contributed by atoms with E-state index in [4.69, 9.17) is 5.11 Å². The summed E-state index contributed by atoms with van der Waals surface area (Å²) in [5.74, 6) is 0.973. The third-order valence-electron chi connectivity index (χ3n) is 2.50. The second-order valence-electron chi connectivity index (χ2n) is 3.79. The van der Waals surface area contributed by atoms with E-state index in [0.717, 1.165) is 5.56 Å².